The highest BCUT2D eigenvalue weighted by atomic mass is 16.3. The van der Waals surface area contributed by atoms with Gasteiger partial charge in [0.15, 0.2) is 0 Å². The molecule has 2 nitrogen and oxygen atoms in total. The molecule has 0 aromatic rings. The van der Waals surface area contributed by atoms with Crippen LogP contribution in [0, 0.1) is 17.8 Å². The number of hydrogen-bond donors (Lipinski definition) is 2. The van der Waals surface area contributed by atoms with E-state index in [1.807, 2.05) is 0 Å². The van der Waals surface area contributed by atoms with E-state index in [0.717, 1.165) is 37.1 Å². The van der Waals surface area contributed by atoms with Crippen LogP contribution in [0.1, 0.15) is 72.1 Å². The lowest BCUT2D eigenvalue weighted by atomic mass is 9.76. The summed E-state index contributed by atoms with van der Waals surface area (Å²) >= 11 is 0. The zero-order valence-corrected chi connectivity index (χ0v) is 13.1. The lowest BCUT2D eigenvalue weighted by Crippen LogP contribution is -2.51. The van der Waals surface area contributed by atoms with E-state index in [1.165, 1.54) is 38.5 Å². The molecule has 0 aliphatic heterocycles. The molecule has 2 aliphatic carbocycles. The maximum atomic E-state index is 10.7. The van der Waals surface area contributed by atoms with Gasteiger partial charge in [0.25, 0.3) is 0 Å². The fourth-order valence-electron chi connectivity index (χ4n) is 4.19. The van der Waals surface area contributed by atoms with Crippen LogP contribution < -0.4 is 5.32 Å². The first-order chi connectivity index (χ1) is 9.04. The Balaban J connectivity index is 1.81. The van der Waals surface area contributed by atoms with E-state index in [2.05, 4.69) is 26.1 Å². The second kappa shape index (κ2) is 6.58. The van der Waals surface area contributed by atoms with Crippen molar-refractivity contribution in [1.82, 2.24) is 5.32 Å². The Hall–Kier alpha value is -0.0800. The summed E-state index contributed by atoms with van der Waals surface area (Å²) in [5.74, 6) is 2.38. The van der Waals surface area contributed by atoms with Gasteiger partial charge in [-0.15, -0.1) is 0 Å². The second-order valence-corrected chi connectivity index (χ2v) is 7.37. The van der Waals surface area contributed by atoms with Crippen LogP contribution in [0.5, 0.6) is 0 Å². The van der Waals surface area contributed by atoms with E-state index < -0.39 is 5.60 Å². The first-order valence-corrected chi connectivity index (χ1v) is 8.50. The molecule has 2 atom stereocenters. The van der Waals surface area contributed by atoms with Crippen molar-refractivity contribution in [3.8, 4) is 0 Å². The van der Waals surface area contributed by atoms with Crippen molar-refractivity contribution in [2.45, 2.75) is 83.8 Å². The topological polar surface area (TPSA) is 32.3 Å². The van der Waals surface area contributed by atoms with E-state index in [1.54, 1.807) is 0 Å². The summed E-state index contributed by atoms with van der Waals surface area (Å²) in [6, 6.07) is 0.613. The highest BCUT2D eigenvalue weighted by Crippen LogP contribution is 2.34. The third kappa shape index (κ3) is 3.95. The van der Waals surface area contributed by atoms with Crippen molar-refractivity contribution in [3.05, 3.63) is 0 Å². The van der Waals surface area contributed by atoms with Crippen LogP contribution in [0.25, 0.3) is 0 Å². The van der Waals surface area contributed by atoms with Crippen molar-refractivity contribution < 1.29 is 5.11 Å². The van der Waals surface area contributed by atoms with Crippen LogP contribution in [0.2, 0.25) is 0 Å². The van der Waals surface area contributed by atoms with E-state index >= 15 is 0 Å². The first-order valence-electron chi connectivity index (χ1n) is 8.50. The molecule has 0 bridgehead atoms. The van der Waals surface area contributed by atoms with Gasteiger partial charge >= 0.3 is 0 Å². The highest BCUT2D eigenvalue weighted by molar-refractivity contribution is 4.91. The zero-order valence-electron chi connectivity index (χ0n) is 13.1. The molecule has 2 N–H and O–H groups in total. The molecule has 0 aromatic carbocycles. The summed E-state index contributed by atoms with van der Waals surface area (Å²) in [6.45, 7) is 7.82. The monoisotopic (exact) mass is 267 g/mol. The van der Waals surface area contributed by atoms with Crippen LogP contribution in [-0.2, 0) is 0 Å². The standard InChI is InChI=1S/C17H33NO/c1-4-15-8-10-17(19,11-9-15)12-18-16-13(2)6-5-7-14(16)3/h13-16,18-19H,4-12H2,1-3H3. The maximum absolute atomic E-state index is 10.7. The minimum atomic E-state index is -0.428. The minimum absolute atomic E-state index is 0.428. The summed E-state index contributed by atoms with van der Waals surface area (Å²) in [5, 5.41) is 14.4. The summed E-state index contributed by atoms with van der Waals surface area (Å²) in [4.78, 5) is 0. The van der Waals surface area contributed by atoms with Gasteiger partial charge in [0.1, 0.15) is 0 Å². The molecule has 2 aliphatic rings. The molecule has 2 saturated carbocycles. The van der Waals surface area contributed by atoms with Gasteiger partial charge in [0.05, 0.1) is 5.60 Å². The fraction of sp³-hybridized carbons (Fsp3) is 1.00. The van der Waals surface area contributed by atoms with Gasteiger partial charge in [0.2, 0.25) is 0 Å². The molecule has 0 heterocycles. The molecule has 2 rings (SSSR count). The van der Waals surface area contributed by atoms with Crippen molar-refractivity contribution in [3.63, 3.8) is 0 Å². The zero-order chi connectivity index (χ0) is 13.9. The fourth-order valence-corrected chi connectivity index (χ4v) is 4.19. The number of rotatable bonds is 4. The summed E-state index contributed by atoms with van der Waals surface area (Å²) in [7, 11) is 0. The van der Waals surface area contributed by atoms with Crippen LogP contribution >= 0.6 is 0 Å². The molecule has 0 radical (unpaired) electrons. The maximum Gasteiger partial charge on any atom is 0.0771 e. The lowest BCUT2D eigenvalue weighted by Gasteiger charge is -2.40. The SMILES string of the molecule is CCC1CCC(O)(CNC2C(C)CCCC2C)CC1. The van der Waals surface area contributed by atoms with Gasteiger partial charge in [0, 0.05) is 12.6 Å². The summed E-state index contributed by atoms with van der Waals surface area (Å²) < 4.78 is 0. The molecule has 2 fully saturated rings. The van der Waals surface area contributed by atoms with Crippen molar-refractivity contribution >= 4 is 0 Å². The Morgan fingerprint density at radius 1 is 1.05 bits per heavy atom. The average molecular weight is 267 g/mol. The van der Waals surface area contributed by atoms with Crippen LogP contribution in [0.3, 0.4) is 0 Å². The number of nitrogens with one attached hydrogen (secondary N) is 1. The number of aliphatic hydroxyl groups is 1. The highest BCUT2D eigenvalue weighted by Gasteiger charge is 2.35. The Kier molecular flexibility index (Phi) is 5.30. The molecular weight excluding hydrogens is 234 g/mol. The molecule has 0 saturated heterocycles. The molecule has 112 valence electrons. The Morgan fingerprint density at radius 2 is 1.63 bits per heavy atom. The Labute approximate surface area is 119 Å². The second-order valence-electron chi connectivity index (χ2n) is 7.37. The molecule has 0 aromatic heterocycles. The van der Waals surface area contributed by atoms with Crippen LogP contribution in [0.15, 0.2) is 0 Å². The van der Waals surface area contributed by atoms with Gasteiger partial charge < -0.3 is 10.4 Å². The molecule has 19 heavy (non-hydrogen) atoms. The predicted molar refractivity (Wildman–Crippen MR) is 81.2 cm³/mol. The van der Waals surface area contributed by atoms with E-state index in [-0.39, 0.29) is 0 Å². The lowest BCUT2D eigenvalue weighted by molar-refractivity contribution is -0.0148. The van der Waals surface area contributed by atoms with Crippen LogP contribution in [0.4, 0.5) is 0 Å². The third-order valence-corrected chi connectivity index (χ3v) is 5.83. The Bertz CT molecular complexity index is 260. The smallest absolute Gasteiger partial charge is 0.0771 e. The van der Waals surface area contributed by atoms with Gasteiger partial charge in [-0.1, -0.05) is 33.6 Å². The van der Waals surface area contributed by atoms with Crippen LogP contribution in [-0.4, -0.2) is 23.3 Å². The predicted octanol–water partition coefficient (Wildman–Crippen LogP) is 3.73. The van der Waals surface area contributed by atoms with E-state index in [0.29, 0.717) is 6.04 Å². The molecule has 0 amide bonds. The Morgan fingerprint density at radius 3 is 2.16 bits per heavy atom. The summed E-state index contributed by atoms with van der Waals surface area (Å²) in [5.41, 5.74) is -0.428. The summed E-state index contributed by atoms with van der Waals surface area (Å²) in [6.07, 6.45) is 9.76. The van der Waals surface area contributed by atoms with Gasteiger partial charge in [-0.3, -0.25) is 0 Å². The molecular formula is C17H33NO. The minimum Gasteiger partial charge on any atom is -0.389 e. The largest absolute Gasteiger partial charge is 0.389 e. The molecule has 0 spiro atoms. The van der Waals surface area contributed by atoms with Gasteiger partial charge in [-0.2, -0.15) is 0 Å². The quantitative estimate of drug-likeness (QED) is 0.813. The normalized spacial score (nSPS) is 44.2. The van der Waals surface area contributed by atoms with Gasteiger partial charge in [-0.25, -0.2) is 0 Å². The molecule has 2 heteroatoms. The average Bonchev–Trinajstić information content (AvgIpc) is 2.39. The van der Waals surface area contributed by atoms with Crippen molar-refractivity contribution in [1.29, 1.82) is 0 Å². The van der Waals surface area contributed by atoms with Crippen molar-refractivity contribution in [2.75, 3.05) is 6.54 Å². The van der Waals surface area contributed by atoms with Crippen molar-refractivity contribution in [2.24, 2.45) is 17.8 Å². The van der Waals surface area contributed by atoms with Gasteiger partial charge in [-0.05, 0) is 56.3 Å². The molecule has 2 unspecified atom stereocenters. The van der Waals surface area contributed by atoms with E-state index in [9.17, 15) is 5.11 Å². The number of hydrogen-bond acceptors (Lipinski definition) is 2. The van der Waals surface area contributed by atoms with E-state index in [4.69, 9.17) is 0 Å². The first kappa shape index (κ1) is 15.3. The third-order valence-electron chi connectivity index (χ3n) is 5.83.